The van der Waals surface area contributed by atoms with E-state index in [1.165, 1.54) is 24.1 Å². The van der Waals surface area contributed by atoms with E-state index in [-0.39, 0.29) is 11.4 Å². The minimum atomic E-state index is -0.885. The quantitative estimate of drug-likeness (QED) is 0.802. The molecule has 0 aliphatic heterocycles. The highest BCUT2D eigenvalue weighted by Gasteiger charge is 2.23. The molecule has 2 rings (SSSR count). The Kier molecular flexibility index (Phi) is 6.36. The number of amides is 2. The topological polar surface area (TPSA) is 71.3 Å². The lowest BCUT2D eigenvalue weighted by Crippen LogP contribution is -2.44. The molecule has 2 aromatic rings. The van der Waals surface area contributed by atoms with Crippen molar-refractivity contribution in [2.45, 2.75) is 12.5 Å². The van der Waals surface area contributed by atoms with E-state index in [4.69, 9.17) is 4.42 Å². The van der Waals surface area contributed by atoms with Crippen molar-refractivity contribution in [1.82, 2.24) is 5.32 Å². The number of hydrogen-bond donors (Lipinski definition) is 2. The van der Waals surface area contributed by atoms with E-state index in [1.54, 1.807) is 6.07 Å². The lowest BCUT2D eigenvalue weighted by Gasteiger charge is -2.17. The average Bonchev–Trinajstić information content (AvgIpc) is 3.08. The smallest absolute Gasteiger partial charge is 0.287 e. The molecule has 0 aliphatic carbocycles. The molecule has 1 atom stereocenters. The third-order valence-corrected chi connectivity index (χ3v) is 3.81. The fraction of sp³-hybridized carbons (Fsp3) is 0.250. The number of rotatable bonds is 7. The van der Waals surface area contributed by atoms with Gasteiger partial charge in [-0.25, -0.2) is 8.78 Å². The van der Waals surface area contributed by atoms with Crippen LogP contribution in [0.3, 0.4) is 0 Å². The van der Waals surface area contributed by atoms with Gasteiger partial charge in [0.25, 0.3) is 5.91 Å². The summed E-state index contributed by atoms with van der Waals surface area (Å²) in [6, 6.07) is 4.99. The molecule has 0 fully saturated rings. The zero-order chi connectivity index (χ0) is 17.5. The zero-order valence-electron chi connectivity index (χ0n) is 12.8. The monoisotopic (exact) mass is 354 g/mol. The molecule has 1 aromatic heterocycles. The van der Waals surface area contributed by atoms with E-state index < -0.39 is 29.5 Å². The average molecular weight is 354 g/mol. The predicted octanol–water partition coefficient (Wildman–Crippen LogP) is 3.05. The number of furan rings is 1. The van der Waals surface area contributed by atoms with Crippen LogP contribution in [-0.2, 0) is 4.79 Å². The fourth-order valence-electron chi connectivity index (χ4n) is 1.95. The summed E-state index contributed by atoms with van der Waals surface area (Å²) in [6.07, 6.45) is 3.56. The van der Waals surface area contributed by atoms with Gasteiger partial charge in [-0.05, 0) is 42.7 Å². The maximum atomic E-state index is 13.7. The van der Waals surface area contributed by atoms with Crippen molar-refractivity contribution in [3.05, 3.63) is 54.0 Å². The van der Waals surface area contributed by atoms with Crippen LogP contribution in [0.25, 0.3) is 0 Å². The lowest BCUT2D eigenvalue weighted by molar-refractivity contribution is -0.118. The fourth-order valence-corrected chi connectivity index (χ4v) is 2.42. The molecule has 0 saturated carbocycles. The first kappa shape index (κ1) is 18.0. The van der Waals surface area contributed by atoms with Crippen LogP contribution in [0, 0.1) is 11.6 Å². The van der Waals surface area contributed by atoms with Gasteiger partial charge in [-0.2, -0.15) is 11.8 Å². The lowest BCUT2D eigenvalue weighted by atomic mass is 10.2. The van der Waals surface area contributed by atoms with Gasteiger partial charge in [-0.1, -0.05) is 0 Å². The Labute approximate surface area is 141 Å². The molecule has 1 unspecified atom stereocenters. The highest BCUT2D eigenvalue weighted by atomic mass is 32.2. The molecule has 24 heavy (non-hydrogen) atoms. The van der Waals surface area contributed by atoms with Crippen molar-refractivity contribution in [3.63, 3.8) is 0 Å². The normalized spacial score (nSPS) is 11.8. The van der Waals surface area contributed by atoms with Crippen molar-refractivity contribution >= 4 is 29.3 Å². The summed E-state index contributed by atoms with van der Waals surface area (Å²) in [5.41, 5.74) is -0.150. The Bertz CT molecular complexity index is 707. The third kappa shape index (κ3) is 4.82. The largest absolute Gasteiger partial charge is 0.459 e. The Balaban J connectivity index is 2.08. The maximum absolute atomic E-state index is 13.7. The molecular formula is C16H16F2N2O3S. The summed E-state index contributed by atoms with van der Waals surface area (Å²) < 4.78 is 31.5. The standard InChI is InChI=1S/C16H16F2N2O3S/c1-24-8-6-13(20-16(22)14-3-2-7-23-14)15(21)19-12-5-4-10(17)9-11(12)18/h2-5,7,9,13H,6,8H2,1H3,(H,19,21)(H,20,22). The van der Waals surface area contributed by atoms with Gasteiger partial charge < -0.3 is 15.1 Å². The van der Waals surface area contributed by atoms with Gasteiger partial charge in [-0.3, -0.25) is 9.59 Å². The Morgan fingerprint density at radius 3 is 2.71 bits per heavy atom. The molecule has 128 valence electrons. The molecular weight excluding hydrogens is 338 g/mol. The number of benzene rings is 1. The van der Waals surface area contributed by atoms with Gasteiger partial charge >= 0.3 is 0 Å². The van der Waals surface area contributed by atoms with Crippen LogP contribution in [0.5, 0.6) is 0 Å². The van der Waals surface area contributed by atoms with E-state index in [0.29, 0.717) is 18.2 Å². The Morgan fingerprint density at radius 1 is 1.29 bits per heavy atom. The molecule has 0 radical (unpaired) electrons. The number of anilines is 1. The van der Waals surface area contributed by atoms with Crippen molar-refractivity contribution in [2.75, 3.05) is 17.3 Å². The first-order valence-electron chi connectivity index (χ1n) is 7.10. The second-order valence-electron chi connectivity index (χ2n) is 4.90. The summed E-state index contributed by atoms with van der Waals surface area (Å²) in [4.78, 5) is 24.4. The Hall–Kier alpha value is -2.35. The maximum Gasteiger partial charge on any atom is 0.287 e. The van der Waals surface area contributed by atoms with Crippen LogP contribution in [0.1, 0.15) is 17.0 Å². The van der Waals surface area contributed by atoms with Gasteiger partial charge in [0.1, 0.15) is 17.7 Å². The van der Waals surface area contributed by atoms with Crippen molar-refractivity contribution in [3.8, 4) is 0 Å². The molecule has 0 spiro atoms. The van der Waals surface area contributed by atoms with Crippen LogP contribution in [-0.4, -0.2) is 29.9 Å². The van der Waals surface area contributed by atoms with Crippen molar-refractivity contribution < 1.29 is 22.8 Å². The molecule has 1 aromatic carbocycles. The first-order chi connectivity index (χ1) is 11.5. The van der Waals surface area contributed by atoms with Crippen molar-refractivity contribution in [1.29, 1.82) is 0 Å². The molecule has 2 amide bonds. The van der Waals surface area contributed by atoms with E-state index in [2.05, 4.69) is 10.6 Å². The second-order valence-corrected chi connectivity index (χ2v) is 5.88. The predicted molar refractivity (Wildman–Crippen MR) is 87.9 cm³/mol. The van der Waals surface area contributed by atoms with Crippen LogP contribution >= 0.6 is 11.8 Å². The van der Waals surface area contributed by atoms with Crippen molar-refractivity contribution in [2.24, 2.45) is 0 Å². The summed E-state index contributed by atoms with van der Waals surface area (Å²) in [5.74, 6) is -2.07. The number of thioether (sulfide) groups is 1. The van der Waals surface area contributed by atoms with Gasteiger partial charge in [0, 0.05) is 6.07 Å². The molecule has 1 heterocycles. The number of nitrogens with one attached hydrogen (secondary N) is 2. The van der Waals surface area contributed by atoms with Crippen LogP contribution in [0.4, 0.5) is 14.5 Å². The second kappa shape index (κ2) is 8.49. The van der Waals surface area contributed by atoms with Crippen LogP contribution in [0.15, 0.2) is 41.0 Å². The van der Waals surface area contributed by atoms with E-state index in [9.17, 15) is 18.4 Å². The summed E-state index contributed by atoms with van der Waals surface area (Å²) in [5, 5.41) is 4.91. The molecule has 0 saturated heterocycles. The number of hydrogen-bond acceptors (Lipinski definition) is 4. The van der Waals surface area contributed by atoms with E-state index in [1.807, 2.05) is 6.26 Å². The number of carbonyl (C=O) groups excluding carboxylic acids is 2. The third-order valence-electron chi connectivity index (χ3n) is 3.17. The summed E-state index contributed by atoms with van der Waals surface area (Å²) >= 11 is 1.50. The van der Waals surface area contributed by atoms with Crippen LogP contribution in [0.2, 0.25) is 0 Å². The molecule has 0 bridgehead atoms. The van der Waals surface area contributed by atoms with Gasteiger partial charge in [0.05, 0.1) is 12.0 Å². The highest BCUT2D eigenvalue weighted by Crippen LogP contribution is 2.16. The SMILES string of the molecule is CSCCC(NC(=O)c1ccco1)C(=O)Nc1ccc(F)cc1F. The molecule has 8 heteroatoms. The van der Waals surface area contributed by atoms with Gasteiger partial charge in [0.2, 0.25) is 5.91 Å². The zero-order valence-corrected chi connectivity index (χ0v) is 13.7. The molecule has 0 aliphatic rings. The first-order valence-corrected chi connectivity index (χ1v) is 8.50. The number of carbonyl (C=O) groups is 2. The summed E-state index contributed by atoms with van der Waals surface area (Å²) in [7, 11) is 0. The minimum Gasteiger partial charge on any atom is -0.459 e. The molecule has 5 nitrogen and oxygen atoms in total. The van der Waals surface area contributed by atoms with Gasteiger partial charge in [0.15, 0.2) is 5.76 Å². The van der Waals surface area contributed by atoms with E-state index in [0.717, 1.165) is 12.1 Å². The molecule has 2 N–H and O–H groups in total. The van der Waals surface area contributed by atoms with Crippen LogP contribution < -0.4 is 10.6 Å². The van der Waals surface area contributed by atoms with E-state index >= 15 is 0 Å². The van der Waals surface area contributed by atoms with Gasteiger partial charge in [-0.15, -0.1) is 0 Å². The summed E-state index contributed by atoms with van der Waals surface area (Å²) in [6.45, 7) is 0. The number of halogens is 2. The minimum absolute atomic E-state index is 0.0740. The highest BCUT2D eigenvalue weighted by molar-refractivity contribution is 7.98. The Morgan fingerprint density at radius 2 is 2.08 bits per heavy atom.